The zero-order valence-electron chi connectivity index (χ0n) is 11.3. The van der Waals surface area contributed by atoms with Gasteiger partial charge in [0.15, 0.2) is 0 Å². The Morgan fingerprint density at radius 1 is 1.30 bits per heavy atom. The highest BCUT2D eigenvalue weighted by atomic mass is 35.5. The van der Waals surface area contributed by atoms with Gasteiger partial charge >= 0.3 is 5.69 Å². The van der Waals surface area contributed by atoms with E-state index in [1.807, 2.05) is 0 Å². The number of halogens is 3. The molecule has 2 aromatic carbocycles. The summed E-state index contributed by atoms with van der Waals surface area (Å²) < 4.78 is 24.4. The Bertz CT molecular complexity index is 754. The van der Waals surface area contributed by atoms with Gasteiger partial charge in [0.05, 0.1) is 10.6 Å². The number of hydrogen-bond acceptors (Lipinski definition) is 5. The molecule has 0 spiro atoms. The molecule has 0 amide bonds. The summed E-state index contributed by atoms with van der Waals surface area (Å²) in [4.78, 5) is 14.5. The van der Waals surface area contributed by atoms with Crippen molar-refractivity contribution in [3.8, 4) is 5.75 Å². The van der Waals surface area contributed by atoms with E-state index in [1.54, 1.807) is 0 Å². The Hall–Kier alpha value is -2.19. The number of alkyl halides is 2. The van der Waals surface area contributed by atoms with E-state index in [1.165, 1.54) is 36.5 Å². The molecule has 2 aromatic rings. The van der Waals surface area contributed by atoms with Crippen LogP contribution >= 0.6 is 23.4 Å². The molecule has 9 heteroatoms. The summed E-state index contributed by atoms with van der Waals surface area (Å²) in [6.45, 7) is 0. The van der Waals surface area contributed by atoms with Gasteiger partial charge in [-0.25, -0.2) is 0 Å². The molecule has 0 aliphatic heterocycles. The summed E-state index contributed by atoms with van der Waals surface area (Å²) >= 11 is 6.18. The molecule has 0 unspecified atom stereocenters. The van der Waals surface area contributed by atoms with Gasteiger partial charge in [0.25, 0.3) is 5.76 Å². The van der Waals surface area contributed by atoms with E-state index in [-0.39, 0.29) is 10.6 Å². The van der Waals surface area contributed by atoms with Gasteiger partial charge in [-0.2, -0.15) is 8.78 Å². The lowest BCUT2D eigenvalue weighted by molar-refractivity contribution is -0.385. The first kappa shape index (κ1) is 17.2. The number of nitrogens with zero attached hydrogens (tertiary/aromatic N) is 2. The number of nitro benzene ring substituents is 1. The van der Waals surface area contributed by atoms with Crippen LogP contribution in [0.25, 0.3) is 0 Å². The smallest absolute Gasteiger partial charge is 0.312 e. The van der Waals surface area contributed by atoms with Crippen LogP contribution in [0.2, 0.25) is 5.02 Å². The molecular formula is C14H9ClF2N2O3S. The lowest BCUT2D eigenvalue weighted by Gasteiger charge is -2.02. The number of rotatable bonds is 5. The van der Waals surface area contributed by atoms with Gasteiger partial charge in [-0.15, -0.1) is 0 Å². The predicted molar refractivity (Wildman–Crippen MR) is 85.3 cm³/mol. The van der Waals surface area contributed by atoms with E-state index in [2.05, 4.69) is 4.99 Å². The maximum absolute atomic E-state index is 12.2. The summed E-state index contributed by atoms with van der Waals surface area (Å²) in [5, 5.41) is 20.7. The first-order valence-electron chi connectivity index (χ1n) is 6.12. The molecule has 2 rings (SSSR count). The molecule has 0 radical (unpaired) electrons. The van der Waals surface area contributed by atoms with Crippen molar-refractivity contribution in [3.63, 3.8) is 0 Å². The molecule has 0 aliphatic rings. The third-order valence-corrected chi connectivity index (χ3v) is 3.64. The van der Waals surface area contributed by atoms with Crippen molar-refractivity contribution in [1.29, 1.82) is 0 Å². The summed E-state index contributed by atoms with van der Waals surface area (Å²) in [5.74, 6) is -3.05. The highest BCUT2D eigenvalue weighted by Crippen LogP contribution is 2.33. The molecule has 23 heavy (non-hydrogen) atoms. The molecule has 0 bridgehead atoms. The van der Waals surface area contributed by atoms with Crippen LogP contribution in [-0.2, 0) is 0 Å². The third-order valence-electron chi connectivity index (χ3n) is 2.70. The van der Waals surface area contributed by atoms with Crippen molar-refractivity contribution in [1.82, 2.24) is 0 Å². The van der Waals surface area contributed by atoms with Gasteiger partial charge in [0.1, 0.15) is 0 Å². The average Bonchev–Trinajstić information content (AvgIpc) is 2.48. The maximum atomic E-state index is 12.2. The summed E-state index contributed by atoms with van der Waals surface area (Å²) in [6, 6.07) is 8.33. The van der Waals surface area contributed by atoms with E-state index in [0.29, 0.717) is 22.3 Å². The molecule has 120 valence electrons. The number of nitro groups is 1. The largest absolute Gasteiger partial charge is 0.502 e. The molecule has 0 saturated carbocycles. The minimum Gasteiger partial charge on any atom is -0.502 e. The number of phenolic OH excluding ortho intramolecular Hbond substituents is 1. The topological polar surface area (TPSA) is 75.7 Å². The number of aromatic hydroxyl groups is 1. The zero-order valence-corrected chi connectivity index (χ0v) is 12.9. The normalized spacial score (nSPS) is 11.3. The molecule has 0 saturated heterocycles. The summed E-state index contributed by atoms with van der Waals surface area (Å²) in [5.41, 5.74) is -0.0106. The van der Waals surface area contributed by atoms with Crippen molar-refractivity contribution < 1.29 is 18.8 Å². The lowest BCUT2D eigenvalue weighted by atomic mass is 10.2. The fraction of sp³-hybridized carbons (Fsp3) is 0.0714. The first-order valence-corrected chi connectivity index (χ1v) is 7.38. The first-order chi connectivity index (χ1) is 10.9. The Morgan fingerprint density at radius 3 is 2.52 bits per heavy atom. The fourth-order valence-electron chi connectivity index (χ4n) is 1.70. The van der Waals surface area contributed by atoms with Crippen LogP contribution in [0.15, 0.2) is 46.3 Å². The summed E-state index contributed by atoms with van der Waals surface area (Å²) in [6.07, 6.45) is 1.21. The fourth-order valence-corrected chi connectivity index (χ4v) is 2.42. The van der Waals surface area contributed by atoms with Gasteiger partial charge < -0.3 is 5.11 Å². The van der Waals surface area contributed by atoms with Crippen LogP contribution in [0, 0.1) is 10.1 Å². The number of benzene rings is 2. The SMILES string of the molecule is O=[N+]([O-])c1cc(Cl)cc(C=Nc2ccc(SC(F)F)cc2)c1O. The molecule has 1 N–H and O–H groups in total. The van der Waals surface area contributed by atoms with E-state index in [0.717, 1.165) is 6.07 Å². The highest BCUT2D eigenvalue weighted by Gasteiger charge is 2.17. The number of phenols is 1. The second-order valence-electron chi connectivity index (χ2n) is 4.25. The Morgan fingerprint density at radius 2 is 1.96 bits per heavy atom. The molecular weight excluding hydrogens is 350 g/mol. The number of thioether (sulfide) groups is 1. The molecule has 0 aromatic heterocycles. The van der Waals surface area contributed by atoms with Crippen molar-refractivity contribution in [3.05, 3.63) is 57.1 Å². The van der Waals surface area contributed by atoms with Crippen molar-refractivity contribution in [2.45, 2.75) is 10.7 Å². The van der Waals surface area contributed by atoms with Gasteiger partial charge in [-0.1, -0.05) is 23.4 Å². The molecule has 0 atom stereocenters. The second-order valence-corrected chi connectivity index (χ2v) is 5.75. The van der Waals surface area contributed by atoms with Gasteiger partial charge in [0, 0.05) is 27.8 Å². The lowest BCUT2D eigenvalue weighted by Crippen LogP contribution is -1.92. The monoisotopic (exact) mass is 358 g/mol. The van der Waals surface area contributed by atoms with E-state index in [9.17, 15) is 24.0 Å². The van der Waals surface area contributed by atoms with Crippen LogP contribution in [-0.4, -0.2) is 22.0 Å². The van der Waals surface area contributed by atoms with Gasteiger partial charge in [0.2, 0.25) is 5.75 Å². The Labute approximate surface area is 138 Å². The third kappa shape index (κ3) is 4.64. The van der Waals surface area contributed by atoms with Crippen LogP contribution in [0.3, 0.4) is 0 Å². The summed E-state index contributed by atoms with van der Waals surface area (Å²) in [7, 11) is 0. The number of hydrogen-bond donors (Lipinski definition) is 1. The second kappa shape index (κ2) is 7.38. The molecule has 0 aliphatic carbocycles. The zero-order chi connectivity index (χ0) is 17.0. The molecule has 5 nitrogen and oxygen atoms in total. The van der Waals surface area contributed by atoms with E-state index in [4.69, 9.17) is 11.6 Å². The quantitative estimate of drug-likeness (QED) is 0.352. The molecule has 0 heterocycles. The van der Waals surface area contributed by atoms with Crippen LogP contribution in [0.1, 0.15) is 5.56 Å². The Balaban J connectivity index is 2.25. The van der Waals surface area contributed by atoms with E-state index < -0.39 is 22.1 Å². The van der Waals surface area contributed by atoms with Crippen LogP contribution in [0.5, 0.6) is 5.75 Å². The van der Waals surface area contributed by atoms with Crippen molar-refractivity contribution >= 4 is 41.0 Å². The highest BCUT2D eigenvalue weighted by molar-refractivity contribution is 7.99. The van der Waals surface area contributed by atoms with Crippen LogP contribution in [0.4, 0.5) is 20.2 Å². The predicted octanol–water partition coefficient (Wildman–Crippen LogP) is 5.02. The van der Waals surface area contributed by atoms with Crippen molar-refractivity contribution in [2.75, 3.05) is 0 Å². The Kier molecular flexibility index (Phi) is 5.51. The average molecular weight is 359 g/mol. The number of aliphatic imine (C=N–C) groups is 1. The minimum absolute atomic E-state index is 0.0789. The maximum Gasteiger partial charge on any atom is 0.312 e. The van der Waals surface area contributed by atoms with Gasteiger partial charge in [-0.3, -0.25) is 15.1 Å². The van der Waals surface area contributed by atoms with Gasteiger partial charge in [-0.05, 0) is 30.3 Å². The van der Waals surface area contributed by atoms with Crippen LogP contribution < -0.4 is 0 Å². The molecule has 0 fully saturated rings. The minimum atomic E-state index is -2.51. The van der Waals surface area contributed by atoms with Crippen molar-refractivity contribution in [2.24, 2.45) is 4.99 Å². The van der Waals surface area contributed by atoms with E-state index >= 15 is 0 Å². The standard InChI is InChI=1S/C14H9ClF2N2O3S/c15-9-5-8(13(20)12(6-9)19(21)22)7-18-10-1-3-11(4-2-10)23-14(16)17/h1-7,14,20H.